The molecule has 1 amide bonds. The molecular weight excluding hydrogens is 258 g/mol. The second-order valence-corrected chi connectivity index (χ2v) is 5.46. The average Bonchev–Trinajstić information content (AvgIpc) is 2.39. The molecule has 0 atom stereocenters. The minimum absolute atomic E-state index is 0.106. The van der Waals surface area contributed by atoms with Crippen LogP contribution in [0.15, 0.2) is 24.3 Å². The van der Waals surface area contributed by atoms with Crippen molar-refractivity contribution >= 4 is 23.1 Å². The quantitative estimate of drug-likeness (QED) is 0.834. The second-order valence-electron chi connectivity index (χ2n) is 4.94. The van der Waals surface area contributed by atoms with Crippen molar-refractivity contribution in [3.63, 3.8) is 0 Å². The minimum Gasteiger partial charge on any atom is -0.393 e. The fourth-order valence-electron chi connectivity index (χ4n) is 2.16. The molecule has 1 aromatic rings. The molecule has 2 rings (SSSR count). The zero-order valence-corrected chi connectivity index (χ0v) is 11.9. The van der Waals surface area contributed by atoms with Crippen LogP contribution in [0.2, 0.25) is 0 Å². The van der Waals surface area contributed by atoms with Gasteiger partial charge in [0.2, 0.25) is 0 Å². The first-order chi connectivity index (χ1) is 9.06. The number of likely N-dealkylation sites (N-methyl/N-ethyl adjacent to an activating group) is 1. The van der Waals surface area contributed by atoms with Gasteiger partial charge in [0.1, 0.15) is 0 Å². The Bertz CT molecular complexity index is 464. The molecule has 0 radical (unpaired) electrons. The highest BCUT2D eigenvalue weighted by atomic mass is 32.1. The Hall–Kier alpha value is -1.46. The molecule has 0 spiro atoms. The molecule has 0 aromatic heterocycles. The number of nitrogens with zero attached hydrogens (tertiary/aromatic N) is 2. The van der Waals surface area contributed by atoms with Gasteiger partial charge in [0.15, 0.2) is 0 Å². The van der Waals surface area contributed by atoms with E-state index in [1.165, 1.54) is 0 Å². The Kier molecular flexibility index (Phi) is 4.50. The van der Waals surface area contributed by atoms with Gasteiger partial charge >= 0.3 is 0 Å². The largest absolute Gasteiger partial charge is 0.393 e. The summed E-state index contributed by atoms with van der Waals surface area (Å²) in [7, 11) is 2.08. The van der Waals surface area contributed by atoms with Gasteiger partial charge in [-0.2, -0.15) is 0 Å². The number of thiocarbonyl (C=S) groups is 1. The number of hydrogen-bond acceptors (Lipinski definition) is 3. The van der Waals surface area contributed by atoms with Crippen LogP contribution in [0, 0.1) is 0 Å². The van der Waals surface area contributed by atoms with Gasteiger partial charge < -0.3 is 15.5 Å². The van der Waals surface area contributed by atoms with Crippen molar-refractivity contribution in [3.8, 4) is 0 Å². The molecule has 0 unspecified atom stereocenters. The highest BCUT2D eigenvalue weighted by Crippen LogP contribution is 2.10. The summed E-state index contributed by atoms with van der Waals surface area (Å²) in [6, 6.07) is 7.55. The Morgan fingerprint density at radius 3 is 2.32 bits per heavy atom. The van der Waals surface area contributed by atoms with Crippen molar-refractivity contribution in [3.05, 3.63) is 35.4 Å². The first-order valence-corrected chi connectivity index (χ1v) is 6.82. The molecule has 102 valence electrons. The van der Waals surface area contributed by atoms with Crippen molar-refractivity contribution in [1.29, 1.82) is 0 Å². The summed E-state index contributed by atoms with van der Waals surface area (Å²) in [6.45, 7) is 3.46. The number of rotatable bonds is 3. The van der Waals surface area contributed by atoms with Crippen LogP contribution >= 0.6 is 12.2 Å². The monoisotopic (exact) mass is 277 g/mol. The third-order valence-electron chi connectivity index (χ3n) is 3.37. The van der Waals surface area contributed by atoms with Crippen molar-refractivity contribution in [1.82, 2.24) is 9.80 Å². The predicted octanol–water partition coefficient (Wildman–Crippen LogP) is 0.903. The molecule has 2 N–H and O–H groups in total. The van der Waals surface area contributed by atoms with E-state index in [9.17, 15) is 4.79 Å². The fraction of sp³-hybridized carbons (Fsp3) is 0.429. The zero-order chi connectivity index (χ0) is 13.8. The van der Waals surface area contributed by atoms with E-state index in [2.05, 4.69) is 11.9 Å². The standard InChI is InChI=1S/C14H19N3OS/c1-16-6-8-17(9-7-16)14(18)12-4-2-11(3-5-12)10-13(15)19/h2-5H,6-10H2,1H3,(H2,15,19). The van der Waals surface area contributed by atoms with Crippen LogP contribution in [0.5, 0.6) is 0 Å². The lowest BCUT2D eigenvalue weighted by molar-refractivity contribution is 0.0664. The van der Waals surface area contributed by atoms with E-state index in [1.807, 2.05) is 29.2 Å². The first kappa shape index (κ1) is 14.0. The lowest BCUT2D eigenvalue weighted by Gasteiger charge is -2.32. The summed E-state index contributed by atoms with van der Waals surface area (Å²) in [5, 5.41) is 0. The van der Waals surface area contributed by atoms with Crippen LogP contribution in [-0.2, 0) is 6.42 Å². The summed E-state index contributed by atoms with van der Waals surface area (Å²) >= 11 is 4.87. The number of amides is 1. The third-order valence-corrected chi connectivity index (χ3v) is 3.51. The maximum absolute atomic E-state index is 12.3. The summed E-state index contributed by atoms with van der Waals surface area (Å²) in [6.07, 6.45) is 0.582. The van der Waals surface area contributed by atoms with Gasteiger partial charge in [-0.05, 0) is 24.7 Å². The molecule has 19 heavy (non-hydrogen) atoms. The van der Waals surface area contributed by atoms with Gasteiger partial charge in [-0.25, -0.2) is 0 Å². The molecule has 0 bridgehead atoms. The second kappa shape index (κ2) is 6.12. The molecule has 1 saturated heterocycles. The number of carbonyl (C=O) groups is 1. The normalized spacial score (nSPS) is 16.4. The van der Waals surface area contributed by atoms with Crippen molar-refractivity contribution in [2.24, 2.45) is 5.73 Å². The van der Waals surface area contributed by atoms with E-state index in [0.717, 1.165) is 37.3 Å². The zero-order valence-electron chi connectivity index (χ0n) is 11.1. The number of benzene rings is 1. The lowest BCUT2D eigenvalue weighted by atomic mass is 10.1. The average molecular weight is 277 g/mol. The molecule has 0 aliphatic carbocycles. The Morgan fingerprint density at radius 1 is 1.21 bits per heavy atom. The topological polar surface area (TPSA) is 49.6 Å². The maximum Gasteiger partial charge on any atom is 0.253 e. The van der Waals surface area contributed by atoms with Crippen LogP contribution in [0.25, 0.3) is 0 Å². The van der Waals surface area contributed by atoms with E-state index in [4.69, 9.17) is 18.0 Å². The third kappa shape index (κ3) is 3.75. The number of piperazine rings is 1. The molecule has 1 fully saturated rings. The molecule has 1 aromatic carbocycles. The Balaban J connectivity index is 2.01. The van der Waals surface area contributed by atoms with E-state index in [1.54, 1.807) is 0 Å². The molecule has 1 heterocycles. The first-order valence-electron chi connectivity index (χ1n) is 6.41. The summed E-state index contributed by atoms with van der Waals surface area (Å²) in [5.41, 5.74) is 7.28. The van der Waals surface area contributed by atoms with E-state index in [-0.39, 0.29) is 5.91 Å². The van der Waals surface area contributed by atoms with E-state index < -0.39 is 0 Å². The van der Waals surface area contributed by atoms with Gasteiger partial charge in [-0.15, -0.1) is 0 Å². The van der Waals surface area contributed by atoms with Crippen molar-refractivity contribution in [2.75, 3.05) is 33.2 Å². The lowest BCUT2D eigenvalue weighted by Crippen LogP contribution is -2.47. The van der Waals surface area contributed by atoms with E-state index in [0.29, 0.717) is 11.4 Å². The molecular formula is C14H19N3OS. The SMILES string of the molecule is CN1CCN(C(=O)c2ccc(CC(N)=S)cc2)CC1. The molecule has 0 saturated carbocycles. The molecule has 4 nitrogen and oxygen atoms in total. The number of nitrogens with two attached hydrogens (primary N) is 1. The van der Waals surface area contributed by atoms with Crippen LogP contribution in [0.3, 0.4) is 0 Å². The van der Waals surface area contributed by atoms with Crippen LogP contribution in [-0.4, -0.2) is 53.9 Å². The number of hydrogen-bond donors (Lipinski definition) is 1. The van der Waals surface area contributed by atoms with E-state index >= 15 is 0 Å². The smallest absolute Gasteiger partial charge is 0.253 e. The van der Waals surface area contributed by atoms with Crippen LogP contribution in [0.4, 0.5) is 0 Å². The Labute approximate surface area is 119 Å². The highest BCUT2D eigenvalue weighted by Gasteiger charge is 2.19. The van der Waals surface area contributed by atoms with Gasteiger partial charge in [0.05, 0.1) is 4.99 Å². The molecule has 1 aliphatic heterocycles. The van der Waals surface area contributed by atoms with Gasteiger partial charge in [0.25, 0.3) is 5.91 Å². The van der Waals surface area contributed by atoms with Crippen molar-refractivity contribution in [2.45, 2.75) is 6.42 Å². The van der Waals surface area contributed by atoms with Gasteiger partial charge in [-0.1, -0.05) is 24.4 Å². The number of carbonyl (C=O) groups excluding carboxylic acids is 1. The minimum atomic E-state index is 0.106. The van der Waals surface area contributed by atoms with Crippen LogP contribution in [0.1, 0.15) is 15.9 Å². The fourth-order valence-corrected chi connectivity index (χ4v) is 2.33. The predicted molar refractivity (Wildman–Crippen MR) is 80.3 cm³/mol. The highest BCUT2D eigenvalue weighted by molar-refractivity contribution is 7.80. The van der Waals surface area contributed by atoms with Gasteiger partial charge in [-0.3, -0.25) is 4.79 Å². The Morgan fingerprint density at radius 2 is 1.79 bits per heavy atom. The maximum atomic E-state index is 12.3. The van der Waals surface area contributed by atoms with Crippen molar-refractivity contribution < 1.29 is 4.79 Å². The summed E-state index contributed by atoms with van der Waals surface area (Å²) in [5.74, 6) is 0.106. The molecule has 5 heteroatoms. The molecule has 1 aliphatic rings. The summed E-state index contributed by atoms with van der Waals surface area (Å²) < 4.78 is 0. The van der Waals surface area contributed by atoms with Crippen LogP contribution < -0.4 is 5.73 Å². The van der Waals surface area contributed by atoms with Gasteiger partial charge in [0, 0.05) is 38.2 Å². The summed E-state index contributed by atoms with van der Waals surface area (Å²) in [4.78, 5) is 16.9.